The molecule has 1 aliphatic rings. The molecule has 0 saturated carbocycles. The number of hydrogen-bond acceptors (Lipinski definition) is 3. The molecular formula is C19H12FNO3S. The van der Waals surface area contributed by atoms with Crippen LogP contribution in [0.25, 0.3) is 11.1 Å². The van der Waals surface area contributed by atoms with E-state index in [2.05, 4.69) is 0 Å². The van der Waals surface area contributed by atoms with Crippen LogP contribution in [0.3, 0.4) is 0 Å². The second-order valence-corrected chi connectivity index (χ2v) is 7.35. The molecule has 4 nitrogen and oxygen atoms in total. The van der Waals surface area contributed by atoms with Crippen molar-refractivity contribution in [3.63, 3.8) is 0 Å². The summed E-state index contributed by atoms with van der Waals surface area (Å²) in [6, 6.07) is 18.3. The topological polar surface area (TPSA) is 54.5 Å². The third kappa shape index (κ3) is 2.34. The molecule has 1 heterocycles. The fraction of sp³-hybridized carbons (Fsp3) is 0. The SMILES string of the molecule is O=C(c1cccc(F)c1)N1c2ccccc2-c2ccccc2S1(=O)=O. The van der Waals surface area contributed by atoms with Crippen LogP contribution < -0.4 is 4.31 Å². The molecule has 0 aromatic heterocycles. The standard InChI is InChI=1S/C19H12FNO3S/c20-14-7-5-6-13(12-14)19(22)21-17-10-3-1-8-15(17)16-9-2-4-11-18(16)25(21,23)24/h1-12H. The molecule has 0 fully saturated rings. The van der Waals surface area contributed by atoms with E-state index in [-0.39, 0.29) is 16.1 Å². The van der Waals surface area contributed by atoms with Crippen molar-refractivity contribution in [1.82, 2.24) is 0 Å². The van der Waals surface area contributed by atoms with Gasteiger partial charge in [0, 0.05) is 16.7 Å². The minimum Gasteiger partial charge on any atom is -0.268 e. The fourth-order valence-electron chi connectivity index (χ4n) is 2.98. The number of sulfonamides is 1. The maximum Gasteiger partial charge on any atom is 0.272 e. The van der Waals surface area contributed by atoms with E-state index in [1.54, 1.807) is 42.5 Å². The Hall–Kier alpha value is -2.99. The number of amides is 1. The van der Waals surface area contributed by atoms with Crippen molar-refractivity contribution in [2.45, 2.75) is 4.90 Å². The molecule has 0 bridgehead atoms. The van der Waals surface area contributed by atoms with Crippen LogP contribution in [-0.2, 0) is 10.0 Å². The first-order valence-electron chi connectivity index (χ1n) is 7.54. The van der Waals surface area contributed by atoms with Crippen molar-refractivity contribution in [3.8, 4) is 11.1 Å². The number of halogens is 1. The first-order chi connectivity index (χ1) is 12.0. The molecule has 0 saturated heterocycles. The summed E-state index contributed by atoms with van der Waals surface area (Å²) in [6.07, 6.45) is 0. The summed E-state index contributed by atoms with van der Waals surface area (Å²) in [5.74, 6) is -1.39. The van der Waals surface area contributed by atoms with Gasteiger partial charge in [0.2, 0.25) is 0 Å². The molecule has 3 aromatic rings. The minimum absolute atomic E-state index is 0.0299. The third-order valence-electron chi connectivity index (χ3n) is 4.07. The van der Waals surface area contributed by atoms with Crippen LogP contribution in [0.15, 0.2) is 77.7 Å². The molecule has 1 aliphatic heterocycles. The average molecular weight is 353 g/mol. The summed E-state index contributed by atoms with van der Waals surface area (Å²) in [6.45, 7) is 0. The zero-order valence-electron chi connectivity index (χ0n) is 12.9. The Morgan fingerprint density at radius 1 is 0.840 bits per heavy atom. The Bertz CT molecular complexity index is 1110. The number of rotatable bonds is 1. The lowest BCUT2D eigenvalue weighted by atomic mass is 10.0. The van der Waals surface area contributed by atoms with Crippen molar-refractivity contribution in [3.05, 3.63) is 84.2 Å². The molecule has 1 amide bonds. The molecule has 0 radical (unpaired) electrons. The number of benzene rings is 3. The molecule has 6 heteroatoms. The van der Waals surface area contributed by atoms with Crippen LogP contribution in [0, 0.1) is 5.82 Å². The van der Waals surface area contributed by atoms with E-state index in [9.17, 15) is 17.6 Å². The average Bonchev–Trinajstić information content (AvgIpc) is 2.61. The number of hydrogen-bond donors (Lipinski definition) is 0. The lowest BCUT2D eigenvalue weighted by molar-refractivity contribution is 0.100. The molecule has 3 aromatic carbocycles. The van der Waals surface area contributed by atoms with Gasteiger partial charge in [-0.05, 0) is 30.3 Å². The van der Waals surface area contributed by atoms with Gasteiger partial charge in [0.1, 0.15) is 5.82 Å². The Morgan fingerprint density at radius 3 is 2.28 bits per heavy atom. The van der Waals surface area contributed by atoms with Gasteiger partial charge in [-0.2, -0.15) is 4.31 Å². The highest BCUT2D eigenvalue weighted by Gasteiger charge is 2.39. The Balaban J connectivity index is 1.99. The quantitative estimate of drug-likeness (QED) is 0.668. The maximum atomic E-state index is 13.5. The molecule has 0 atom stereocenters. The third-order valence-corrected chi connectivity index (χ3v) is 5.83. The normalized spacial score (nSPS) is 14.5. The van der Waals surface area contributed by atoms with E-state index < -0.39 is 21.7 Å². The zero-order chi connectivity index (χ0) is 17.6. The van der Waals surface area contributed by atoms with Crippen LogP contribution in [0.4, 0.5) is 10.1 Å². The Labute approximate surface area is 144 Å². The second kappa shape index (κ2) is 5.53. The van der Waals surface area contributed by atoms with Gasteiger partial charge in [-0.25, -0.2) is 12.8 Å². The summed E-state index contributed by atoms with van der Waals surface area (Å²) in [5, 5.41) is 0. The molecule has 4 rings (SSSR count). The van der Waals surface area contributed by atoms with Crippen LogP contribution in [0.5, 0.6) is 0 Å². The van der Waals surface area contributed by atoms with E-state index >= 15 is 0 Å². The van der Waals surface area contributed by atoms with Gasteiger partial charge in [0.15, 0.2) is 0 Å². The van der Waals surface area contributed by atoms with E-state index in [4.69, 9.17) is 0 Å². The lowest BCUT2D eigenvalue weighted by Crippen LogP contribution is -2.39. The number of fused-ring (bicyclic) bond motifs is 3. The number of carbonyl (C=O) groups is 1. The molecular weight excluding hydrogens is 341 g/mol. The highest BCUT2D eigenvalue weighted by molar-refractivity contribution is 7.93. The van der Waals surface area contributed by atoms with Gasteiger partial charge in [0.25, 0.3) is 15.9 Å². The van der Waals surface area contributed by atoms with E-state index in [1.807, 2.05) is 0 Å². The van der Waals surface area contributed by atoms with Gasteiger partial charge in [-0.1, -0.05) is 42.5 Å². The molecule has 124 valence electrons. The Kier molecular flexibility index (Phi) is 3.43. The summed E-state index contributed by atoms with van der Waals surface area (Å²) >= 11 is 0. The van der Waals surface area contributed by atoms with Crippen molar-refractivity contribution in [2.24, 2.45) is 0 Å². The Morgan fingerprint density at radius 2 is 1.52 bits per heavy atom. The number of para-hydroxylation sites is 1. The lowest BCUT2D eigenvalue weighted by Gasteiger charge is -2.30. The summed E-state index contributed by atoms with van der Waals surface area (Å²) in [5.41, 5.74) is 1.41. The van der Waals surface area contributed by atoms with Crippen molar-refractivity contribution >= 4 is 21.6 Å². The van der Waals surface area contributed by atoms with Crippen LogP contribution in [-0.4, -0.2) is 14.3 Å². The molecule has 0 aliphatic carbocycles. The van der Waals surface area contributed by atoms with Crippen LogP contribution >= 0.6 is 0 Å². The molecule has 0 unspecified atom stereocenters. The fourth-order valence-corrected chi connectivity index (χ4v) is 4.62. The van der Waals surface area contributed by atoms with Gasteiger partial charge >= 0.3 is 0 Å². The molecule has 0 N–H and O–H groups in total. The predicted octanol–water partition coefficient (Wildman–Crippen LogP) is 3.84. The highest BCUT2D eigenvalue weighted by atomic mass is 32.2. The zero-order valence-corrected chi connectivity index (χ0v) is 13.7. The smallest absolute Gasteiger partial charge is 0.268 e. The first-order valence-corrected chi connectivity index (χ1v) is 8.98. The van der Waals surface area contributed by atoms with E-state index in [0.717, 1.165) is 10.4 Å². The van der Waals surface area contributed by atoms with E-state index in [1.165, 1.54) is 24.3 Å². The summed E-state index contributed by atoms with van der Waals surface area (Å²) in [4.78, 5) is 13.0. The first kappa shape index (κ1) is 15.5. The van der Waals surface area contributed by atoms with Crippen LogP contribution in [0.2, 0.25) is 0 Å². The van der Waals surface area contributed by atoms with E-state index in [0.29, 0.717) is 11.1 Å². The molecule has 25 heavy (non-hydrogen) atoms. The number of carbonyl (C=O) groups excluding carboxylic acids is 1. The highest BCUT2D eigenvalue weighted by Crippen LogP contribution is 2.43. The number of nitrogens with zero attached hydrogens (tertiary/aromatic N) is 1. The van der Waals surface area contributed by atoms with Crippen molar-refractivity contribution < 1.29 is 17.6 Å². The van der Waals surface area contributed by atoms with Gasteiger partial charge in [-0.15, -0.1) is 0 Å². The van der Waals surface area contributed by atoms with Gasteiger partial charge in [0.05, 0.1) is 10.6 Å². The summed E-state index contributed by atoms with van der Waals surface area (Å²) < 4.78 is 40.4. The van der Waals surface area contributed by atoms with Gasteiger partial charge in [-0.3, -0.25) is 4.79 Å². The van der Waals surface area contributed by atoms with Crippen molar-refractivity contribution in [2.75, 3.05) is 4.31 Å². The monoisotopic (exact) mass is 353 g/mol. The predicted molar refractivity (Wildman–Crippen MR) is 92.3 cm³/mol. The molecule has 0 spiro atoms. The summed E-state index contributed by atoms with van der Waals surface area (Å²) in [7, 11) is -4.10. The minimum atomic E-state index is -4.10. The van der Waals surface area contributed by atoms with Crippen molar-refractivity contribution in [1.29, 1.82) is 0 Å². The maximum absolute atomic E-state index is 13.5. The number of anilines is 1. The van der Waals surface area contributed by atoms with Gasteiger partial charge < -0.3 is 0 Å². The van der Waals surface area contributed by atoms with Crippen LogP contribution in [0.1, 0.15) is 10.4 Å². The second-order valence-electron chi connectivity index (χ2n) is 5.60. The largest absolute Gasteiger partial charge is 0.272 e.